The number of aromatic nitrogens is 1. The Bertz CT molecular complexity index is 1150. The Labute approximate surface area is 162 Å². The van der Waals surface area contributed by atoms with Gasteiger partial charge in [0.1, 0.15) is 5.75 Å². The summed E-state index contributed by atoms with van der Waals surface area (Å²) in [7, 11) is -3.74. The summed E-state index contributed by atoms with van der Waals surface area (Å²) in [6.45, 7) is 0.275. The zero-order chi connectivity index (χ0) is 19.7. The summed E-state index contributed by atoms with van der Waals surface area (Å²) in [5, 5.41) is 10.7. The number of sulfone groups is 1. The standard InChI is InChI=1S/C21H19NO5S/c23-18-11-13-27-19-10-9-16(28(25,26)15-6-2-1-3-7-15)14-17(19)21(18)22-12-5-4-8-20(22)24/h1-10,12,14,18,21,23H,11,13H2/t18-,21-/m1/s1. The maximum Gasteiger partial charge on any atom is 0.251 e. The molecule has 0 saturated carbocycles. The van der Waals surface area contributed by atoms with E-state index in [1.165, 1.54) is 34.9 Å². The summed E-state index contributed by atoms with van der Waals surface area (Å²) < 4.78 is 33.2. The van der Waals surface area contributed by atoms with E-state index in [1.807, 2.05) is 0 Å². The minimum absolute atomic E-state index is 0.0872. The first-order valence-corrected chi connectivity index (χ1v) is 10.4. The van der Waals surface area contributed by atoms with Crippen LogP contribution in [-0.2, 0) is 9.84 Å². The zero-order valence-electron chi connectivity index (χ0n) is 14.9. The third-order valence-electron chi connectivity index (χ3n) is 4.85. The van der Waals surface area contributed by atoms with Gasteiger partial charge in [-0.15, -0.1) is 0 Å². The van der Waals surface area contributed by atoms with E-state index < -0.39 is 22.0 Å². The molecule has 1 aliphatic rings. The van der Waals surface area contributed by atoms with Crippen LogP contribution in [0.5, 0.6) is 5.75 Å². The number of rotatable bonds is 3. The van der Waals surface area contributed by atoms with E-state index >= 15 is 0 Å². The van der Waals surface area contributed by atoms with E-state index in [2.05, 4.69) is 0 Å². The maximum atomic E-state index is 13.0. The molecule has 0 aliphatic carbocycles. The van der Waals surface area contributed by atoms with Gasteiger partial charge in [-0.25, -0.2) is 8.42 Å². The molecule has 6 nitrogen and oxygen atoms in total. The van der Waals surface area contributed by atoms with Gasteiger partial charge in [-0.1, -0.05) is 24.3 Å². The van der Waals surface area contributed by atoms with E-state index in [0.717, 1.165) is 0 Å². The molecule has 0 fully saturated rings. The predicted molar refractivity (Wildman–Crippen MR) is 103 cm³/mol. The zero-order valence-corrected chi connectivity index (χ0v) is 15.7. The van der Waals surface area contributed by atoms with Crippen molar-refractivity contribution in [2.45, 2.75) is 28.4 Å². The molecule has 2 aromatic carbocycles. The fourth-order valence-corrected chi connectivity index (χ4v) is 4.77. The van der Waals surface area contributed by atoms with Gasteiger partial charge >= 0.3 is 0 Å². The van der Waals surface area contributed by atoms with E-state index in [4.69, 9.17) is 4.74 Å². The van der Waals surface area contributed by atoms with E-state index in [1.54, 1.807) is 42.6 Å². The summed E-state index contributed by atoms with van der Waals surface area (Å²) in [5.74, 6) is 0.462. The molecule has 0 spiro atoms. The normalized spacial score (nSPS) is 19.3. The Morgan fingerprint density at radius 1 is 0.964 bits per heavy atom. The number of pyridine rings is 1. The van der Waals surface area contributed by atoms with E-state index in [-0.39, 0.29) is 22.0 Å². The molecular weight excluding hydrogens is 378 g/mol. The van der Waals surface area contributed by atoms with Gasteiger partial charge in [-0.05, 0) is 36.4 Å². The predicted octanol–water partition coefficient (Wildman–Crippen LogP) is 2.41. The molecule has 0 radical (unpaired) electrons. The maximum absolute atomic E-state index is 13.0. The van der Waals surface area contributed by atoms with Gasteiger partial charge in [-0.2, -0.15) is 0 Å². The van der Waals surface area contributed by atoms with Crippen LogP contribution < -0.4 is 10.3 Å². The van der Waals surface area contributed by atoms with Crippen LogP contribution in [0, 0.1) is 0 Å². The third kappa shape index (κ3) is 3.23. The second-order valence-electron chi connectivity index (χ2n) is 6.61. The fraction of sp³-hybridized carbons (Fsp3) is 0.190. The molecule has 7 heteroatoms. The molecule has 0 saturated heterocycles. The van der Waals surface area contributed by atoms with Crippen LogP contribution in [0.1, 0.15) is 18.0 Å². The quantitative estimate of drug-likeness (QED) is 0.734. The number of aliphatic hydroxyl groups is 1. The Morgan fingerprint density at radius 3 is 2.46 bits per heavy atom. The lowest BCUT2D eigenvalue weighted by atomic mass is 9.99. The first kappa shape index (κ1) is 18.5. The van der Waals surface area contributed by atoms with Crippen LogP contribution in [-0.4, -0.2) is 30.8 Å². The number of benzene rings is 2. The van der Waals surface area contributed by atoms with Crippen LogP contribution in [0.15, 0.2) is 87.5 Å². The highest BCUT2D eigenvalue weighted by molar-refractivity contribution is 7.91. The Kier molecular flexibility index (Phi) is 4.78. The van der Waals surface area contributed by atoms with Gasteiger partial charge in [0.05, 0.1) is 28.5 Å². The third-order valence-corrected chi connectivity index (χ3v) is 6.62. The highest BCUT2D eigenvalue weighted by Gasteiger charge is 2.31. The molecule has 0 amide bonds. The molecule has 0 unspecified atom stereocenters. The Morgan fingerprint density at radius 2 is 1.71 bits per heavy atom. The van der Waals surface area contributed by atoms with Gasteiger partial charge in [0.2, 0.25) is 9.84 Å². The summed E-state index contributed by atoms with van der Waals surface area (Å²) in [4.78, 5) is 12.6. The van der Waals surface area contributed by atoms with Gasteiger partial charge in [0, 0.05) is 24.2 Å². The van der Waals surface area contributed by atoms with Crippen molar-refractivity contribution in [2.75, 3.05) is 6.61 Å². The molecule has 2 atom stereocenters. The molecular formula is C21H19NO5S. The number of hydrogen-bond donors (Lipinski definition) is 1. The molecule has 4 rings (SSSR count). The van der Waals surface area contributed by atoms with Gasteiger partial charge < -0.3 is 14.4 Å². The Balaban J connectivity index is 1.90. The van der Waals surface area contributed by atoms with Crippen molar-refractivity contribution in [3.63, 3.8) is 0 Å². The number of nitrogens with zero attached hydrogens (tertiary/aromatic N) is 1. The molecule has 2 heterocycles. The van der Waals surface area contributed by atoms with Crippen molar-refractivity contribution < 1.29 is 18.3 Å². The molecule has 1 aliphatic heterocycles. The van der Waals surface area contributed by atoms with Crippen molar-refractivity contribution in [1.29, 1.82) is 0 Å². The fourth-order valence-electron chi connectivity index (χ4n) is 3.45. The van der Waals surface area contributed by atoms with Crippen LogP contribution >= 0.6 is 0 Å². The minimum atomic E-state index is -3.74. The molecule has 1 N–H and O–H groups in total. The van der Waals surface area contributed by atoms with E-state index in [9.17, 15) is 18.3 Å². The molecule has 28 heavy (non-hydrogen) atoms. The van der Waals surface area contributed by atoms with Gasteiger partial charge in [0.25, 0.3) is 5.56 Å². The SMILES string of the molecule is O=c1ccccn1[C@@H]1c2cc(S(=O)(=O)c3ccccc3)ccc2OCC[C@H]1O. The minimum Gasteiger partial charge on any atom is -0.493 e. The highest BCUT2D eigenvalue weighted by Crippen LogP contribution is 2.36. The summed E-state index contributed by atoms with van der Waals surface area (Å²) in [6.07, 6.45) is 1.02. The number of hydrogen-bond acceptors (Lipinski definition) is 5. The van der Waals surface area contributed by atoms with Crippen molar-refractivity contribution in [1.82, 2.24) is 4.57 Å². The largest absolute Gasteiger partial charge is 0.493 e. The van der Waals surface area contributed by atoms with Crippen LogP contribution in [0.3, 0.4) is 0 Å². The monoisotopic (exact) mass is 397 g/mol. The van der Waals surface area contributed by atoms with Crippen molar-refractivity contribution in [3.8, 4) is 5.75 Å². The van der Waals surface area contributed by atoms with Crippen molar-refractivity contribution >= 4 is 9.84 Å². The molecule has 1 aromatic heterocycles. The average molecular weight is 397 g/mol. The van der Waals surface area contributed by atoms with E-state index in [0.29, 0.717) is 17.7 Å². The van der Waals surface area contributed by atoms with Gasteiger partial charge in [0.15, 0.2) is 0 Å². The second-order valence-corrected chi connectivity index (χ2v) is 8.56. The molecule has 3 aromatic rings. The van der Waals surface area contributed by atoms with Crippen LogP contribution in [0.2, 0.25) is 0 Å². The average Bonchev–Trinajstić information content (AvgIpc) is 2.87. The Hall–Kier alpha value is -2.90. The summed E-state index contributed by atoms with van der Waals surface area (Å²) >= 11 is 0. The van der Waals surface area contributed by atoms with Gasteiger partial charge in [-0.3, -0.25) is 4.79 Å². The topological polar surface area (TPSA) is 85.6 Å². The van der Waals surface area contributed by atoms with Crippen molar-refractivity contribution in [3.05, 3.63) is 88.8 Å². The number of ether oxygens (including phenoxy) is 1. The summed E-state index contributed by atoms with van der Waals surface area (Å²) in [6, 6.07) is 16.7. The number of fused-ring (bicyclic) bond motifs is 1. The lowest BCUT2D eigenvalue weighted by molar-refractivity contribution is 0.112. The first-order chi connectivity index (χ1) is 13.5. The highest BCUT2D eigenvalue weighted by atomic mass is 32.2. The molecule has 0 bridgehead atoms. The molecule has 144 valence electrons. The smallest absolute Gasteiger partial charge is 0.251 e. The number of aliphatic hydroxyl groups excluding tert-OH is 1. The van der Waals surface area contributed by atoms with Crippen LogP contribution in [0.4, 0.5) is 0 Å². The summed E-state index contributed by atoms with van der Waals surface area (Å²) in [5.41, 5.74) is 0.186. The lowest BCUT2D eigenvalue weighted by Crippen LogP contribution is -2.32. The van der Waals surface area contributed by atoms with Crippen LogP contribution in [0.25, 0.3) is 0 Å². The van der Waals surface area contributed by atoms with Crippen molar-refractivity contribution in [2.24, 2.45) is 0 Å². The first-order valence-electron chi connectivity index (χ1n) is 8.90. The lowest BCUT2D eigenvalue weighted by Gasteiger charge is -2.24. The second kappa shape index (κ2) is 7.26.